The second-order valence-corrected chi connectivity index (χ2v) is 3.95. The van der Waals surface area contributed by atoms with Gasteiger partial charge in [-0.1, -0.05) is 11.6 Å². The van der Waals surface area contributed by atoms with E-state index in [1.54, 1.807) is 6.92 Å². The Morgan fingerprint density at radius 2 is 2.05 bits per heavy atom. The number of halogens is 4. The Kier molecular flexibility index (Phi) is 5.47. The van der Waals surface area contributed by atoms with Gasteiger partial charge in [0.1, 0.15) is 5.75 Å². The molecule has 7 heteroatoms. The number of rotatable bonds is 5. The van der Waals surface area contributed by atoms with Gasteiger partial charge < -0.3 is 9.47 Å². The van der Waals surface area contributed by atoms with Crippen LogP contribution in [0.4, 0.5) is 13.2 Å². The van der Waals surface area contributed by atoms with Gasteiger partial charge in [0.15, 0.2) is 0 Å². The van der Waals surface area contributed by atoms with Crippen molar-refractivity contribution in [3.05, 3.63) is 28.8 Å². The first-order chi connectivity index (χ1) is 8.84. The molecule has 0 unspecified atom stereocenters. The first-order valence-corrected chi connectivity index (χ1v) is 5.87. The molecule has 1 aromatic carbocycles. The van der Waals surface area contributed by atoms with Crippen LogP contribution >= 0.6 is 11.6 Å². The molecule has 0 N–H and O–H groups in total. The molecule has 0 aliphatic heterocycles. The summed E-state index contributed by atoms with van der Waals surface area (Å²) in [6.07, 6.45) is -4.52. The highest BCUT2D eigenvalue weighted by molar-refractivity contribution is 6.32. The predicted octanol–water partition coefficient (Wildman–Crippen LogP) is 3.69. The van der Waals surface area contributed by atoms with Gasteiger partial charge in [-0.3, -0.25) is 4.79 Å². The summed E-state index contributed by atoms with van der Waals surface area (Å²) in [7, 11) is 0. The molecule has 0 spiro atoms. The Bertz CT molecular complexity index is 446. The van der Waals surface area contributed by atoms with E-state index in [1.165, 1.54) is 0 Å². The first-order valence-electron chi connectivity index (χ1n) is 5.49. The van der Waals surface area contributed by atoms with Crippen LogP contribution in [-0.4, -0.2) is 19.2 Å². The van der Waals surface area contributed by atoms with Crippen molar-refractivity contribution in [3.63, 3.8) is 0 Å². The van der Waals surface area contributed by atoms with Gasteiger partial charge in [-0.05, 0) is 25.1 Å². The largest absolute Gasteiger partial charge is 0.491 e. The SMILES string of the molecule is CCOC(=O)CCOc1cc(C(F)(F)F)ccc1Cl. The maximum Gasteiger partial charge on any atom is 0.416 e. The molecule has 1 rings (SSSR count). The summed E-state index contributed by atoms with van der Waals surface area (Å²) in [5.41, 5.74) is -0.858. The van der Waals surface area contributed by atoms with E-state index in [0.29, 0.717) is 0 Å². The highest BCUT2D eigenvalue weighted by Gasteiger charge is 2.31. The summed E-state index contributed by atoms with van der Waals surface area (Å²) in [4.78, 5) is 11.0. The number of benzene rings is 1. The Labute approximate surface area is 113 Å². The van der Waals surface area contributed by atoms with Crippen LogP contribution in [0.15, 0.2) is 18.2 Å². The van der Waals surface area contributed by atoms with Crippen LogP contribution in [0.3, 0.4) is 0 Å². The molecule has 19 heavy (non-hydrogen) atoms. The molecule has 0 fully saturated rings. The molecule has 0 radical (unpaired) electrons. The molecule has 0 atom stereocenters. The van der Waals surface area contributed by atoms with Crippen LogP contribution in [-0.2, 0) is 15.7 Å². The predicted molar refractivity (Wildman–Crippen MR) is 63.2 cm³/mol. The van der Waals surface area contributed by atoms with Crippen LogP contribution in [0.5, 0.6) is 5.75 Å². The van der Waals surface area contributed by atoms with E-state index >= 15 is 0 Å². The summed E-state index contributed by atoms with van der Waals surface area (Å²) in [5, 5.41) is 0.0526. The van der Waals surface area contributed by atoms with Gasteiger partial charge >= 0.3 is 12.1 Å². The quantitative estimate of drug-likeness (QED) is 0.777. The molecule has 1 aromatic rings. The minimum Gasteiger partial charge on any atom is -0.491 e. The lowest BCUT2D eigenvalue weighted by molar-refractivity contribution is -0.143. The molecule has 0 heterocycles. The monoisotopic (exact) mass is 296 g/mol. The maximum absolute atomic E-state index is 12.5. The fraction of sp³-hybridized carbons (Fsp3) is 0.417. The van der Waals surface area contributed by atoms with Gasteiger partial charge in [0.25, 0.3) is 0 Å². The molecular weight excluding hydrogens is 285 g/mol. The lowest BCUT2D eigenvalue weighted by Crippen LogP contribution is -2.10. The van der Waals surface area contributed by atoms with E-state index in [4.69, 9.17) is 16.3 Å². The average molecular weight is 297 g/mol. The summed E-state index contributed by atoms with van der Waals surface area (Å²) >= 11 is 5.71. The van der Waals surface area contributed by atoms with Crippen molar-refractivity contribution < 1.29 is 27.4 Å². The van der Waals surface area contributed by atoms with E-state index in [2.05, 4.69) is 4.74 Å². The van der Waals surface area contributed by atoms with Gasteiger partial charge in [0.2, 0.25) is 0 Å². The highest BCUT2D eigenvalue weighted by atomic mass is 35.5. The molecule has 0 saturated heterocycles. The van der Waals surface area contributed by atoms with Crippen LogP contribution in [0, 0.1) is 0 Å². The highest BCUT2D eigenvalue weighted by Crippen LogP contribution is 2.34. The van der Waals surface area contributed by atoms with Gasteiger partial charge in [0.05, 0.1) is 30.2 Å². The number of carbonyl (C=O) groups is 1. The van der Waals surface area contributed by atoms with Crippen molar-refractivity contribution in [2.75, 3.05) is 13.2 Å². The molecule has 0 aromatic heterocycles. The number of alkyl halides is 3. The molecular formula is C12H12ClF3O3. The average Bonchev–Trinajstić information content (AvgIpc) is 2.30. The van der Waals surface area contributed by atoms with E-state index in [0.717, 1.165) is 18.2 Å². The number of carbonyl (C=O) groups excluding carboxylic acids is 1. The van der Waals surface area contributed by atoms with Crippen molar-refractivity contribution in [3.8, 4) is 5.75 Å². The lowest BCUT2D eigenvalue weighted by Gasteiger charge is -2.11. The lowest BCUT2D eigenvalue weighted by atomic mass is 10.2. The van der Waals surface area contributed by atoms with Crippen molar-refractivity contribution in [2.45, 2.75) is 19.5 Å². The van der Waals surface area contributed by atoms with Gasteiger partial charge in [-0.15, -0.1) is 0 Å². The van der Waals surface area contributed by atoms with Crippen LogP contribution in [0.2, 0.25) is 5.02 Å². The molecule has 0 aliphatic rings. The Morgan fingerprint density at radius 1 is 1.37 bits per heavy atom. The Balaban J connectivity index is 2.65. The zero-order valence-corrected chi connectivity index (χ0v) is 10.8. The minimum atomic E-state index is -4.47. The zero-order valence-electron chi connectivity index (χ0n) is 10.1. The molecule has 0 bridgehead atoms. The smallest absolute Gasteiger partial charge is 0.416 e. The normalized spacial score (nSPS) is 11.2. The van der Waals surface area contributed by atoms with E-state index in [-0.39, 0.29) is 30.4 Å². The van der Waals surface area contributed by atoms with Gasteiger partial charge in [-0.2, -0.15) is 13.2 Å². The topological polar surface area (TPSA) is 35.5 Å². The molecule has 0 saturated carbocycles. The Hall–Kier alpha value is -1.43. The van der Waals surface area contributed by atoms with Crippen LogP contribution in [0.1, 0.15) is 18.9 Å². The number of hydrogen-bond donors (Lipinski definition) is 0. The zero-order chi connectivity index (χ0) is 14.5. The second-order valence-electron chi connectivity index (χ2n) is 3.55. The van der Waals surface area contributed by atoms with E-state index in [1.807, 2.05) is 0 Å². The third-order valence-corrected chi connectivity index (χ3v) is 2.44. The number of hydrogen-bond acceptors (Lipinski definition) is 3. The fourth-order valence-electron chi connectivity index (χ4n) is 1.27. The van der Waals surface area contributed by atoms with E-state index in [9.17, 15) is 18.0 Å². The van der Waals surface area contributed by atoms with E-state index < -0.39 is 17.7 Å². The number of ether oxygens (including phenoxy) is 2. The standard InChI is InChI=1S/C12H12ClF3O3/c1-2-18-11(17)5-6-19-10-7-8(12(14,15)16)3-4-9(10)13/h3-4,7H,2,5-6H2,1H3. The van der Waals surface area contributed by atoms with Crippen molar-refractivity contribution in [1.29, 1.82) is 0 Å². The maximum atomic E-state index is 12.5. The minimum absolute atomic E-state index is 0.0526. The van der Waals surface area contributed by atoms with Crippen LogP contribution < -0.4 is 4.74 Å². The summed E-state index contributed by atoms with van der Waals surface area (Å²) in [6, 6.07) is 2.76. The molecule has 0 amide bonds. The second kappa shape index (κ2) is 6.65. The van der Waals surface area contributed by atoms with Crippen LogP contribution in [0.25, 0.3) is 0 Å². The molecule has 3 nitrogen and oxygen atoms in total. The Morgan fingerprint density at radius 3 is 2.63 bits per heavy atom. The van der Waals surface area contributed by atoms with Crippen molar-refractivity contribution >= 4 is 17.6 Å². The van der Waals surface area contributed by atoms with Gasteiger partial charge in [-0.25, -0.2) is 0 Å². The summed E-state index contributed by atoms with van der Waals surface area (Å²) in [6.45, 7) is 1.80. The third kappa shape index (κ3) is 4.98. The first kappa shape index (κ1) is 15.6. The molecule has 106 valence electrons. The third-order valence-electron chi connectivity index (χ3n) is 2.13. The summed E-state index contributed by atoms with van der Waals surface area (Å²) in [5.74, 6) is -0.591. The van der Waals surface area contributed by atoms with Crippen molar-refractivity contribution in [2.24, 2.45) is 0 Å². The fourth-order valence-corrected chi connectivity index (χ4v) is 1.44. The summed E-state index contributed by atoms with van der Waals surface area (Å²) < 4.78 is 47.1. The molecule has 0 aliphatic carbocycles. The van der Waals surface area contributed by atoms with Gasteiger partial charge in [0, 0.05) is 0 Å². The van der Waals surface area contributed by atoms with Crippen molar-refractivity contribution in [1.82, 2.24) is 0 Å². The number of esters is 1.